The van der Waals surface area contributed by atoms with Crippen LogP contribution in [0.25, 0.3) is 28.1 Å². The molecule has 5 aromatic rings. The lowest BCUT2D eigenvalue weighted by Crippen LogP contribution is -2.44. The molecule has 88 heavy (non-hydrogen) atoms. The summed E-state index contributed by atoms with van der Waals surface area (Å²) in [5.74, 6) is 0.301. The maximum atomic E-state index is 13.4. The summed E-state index contributed by atoms with van der Waals surface area (Å²) in [6, 6.07) is 18.3. The highest BCUT2D eigenvalue weighted by Gasteiger charge is 2.49. The normalized spacial score (nSPS) is 21.4. The lowest BCUT2D eigenvalue weighted by atomic mass is 9.75. The van der Waals surface area contributed by atoms with Crippen LogP contribution in [0.2, 0.25) is 0 Å². The Morgan fingerprint density at radius 3 is 2.40 bits per heavy atom. The second-order valence-electron chi connectivity index (χ2n) is 22.9. The summed E-state index contributed by atoms with van der Waals surface area (Å²) in [4.78, 5) is 57.4. The number of nitrogens with one attached hydrogen (secondary N) is 3. The Morgan fingerprint density at radius 1 is 0.955 bits per heavy atom. The Kier molecular flexibility index (Phi) is 19.7. The van der Waals surface area contributed by atoms with Crippen molar-refractivity contribution in [3.63, 3.8) is 0 Å². The molecular formula is C60H74N9O16PS2. The van der Waals surface area contributed by atoms with E-state index in [9.17, 15) is 60.1 Å². The number of likely N-dealkylation sites (N-methyl/N-ethyl adjacent to an activating group) is 1. The Hall–Kier alpha value is -7.14. The summed E-state index contributed by atoms with van der Waals surface area (Å²) in [6.45, 7) is 11.3. The first-order valence-corrected chi connectivity index (χ1v) is 33.5. The third-order valence-electron chi connectivity index (χ3n) is 16.2. The third-order valence-corrected chi connectivity index (χ3v) is 18.3. The smallest absolute Gasteiger partial charge is 0.469 e. The van der Waals surface area contributed by atoms with Gasteiger partial charge in [0.15, 0.2) is 23.1 Å². The van der Waals surface area contributed by atoms with Crippen molar-refractivity contribution in [3.05, 3.63) is 136 Å². The number of allylic oxidation sites excluding steroid dienone is 8. The van der Waals surface area contributed by atoms with Gasteiger partial charge in [0, 0.05) is 84.4 Å². The summed E-state index contributed by atoms with van der Waals surface area (Å²) >= 11 is 0. The molecule has 1 amide bonds. The number of aromatic nitrogens is 4. The first-order valence-electron chi connectivity index (χ1n) is 28.9. The molecule has 9 rings (SSSR count). The highest BCUT2D eigenvalue weighted by molar-refractivity contribution is 7.86. The number of benzene rings is 3. The number of aliphatic hydroxyl groups is 2. The summed E-state index contributed by atoms with van der Waals surface area (Å²) in [5, 5.41) is 27.7. The number of hydrogen-bond donors (Lipinski definition) is 9. The van der Waals surface area contributed by atoms with Crippen LogP contribution in [0, 0.1) is 0 Å². The molecule has 28 heteroatoms. The van der Waals surface area contributed by atoms with E-state index in [0.717, 1.165) is 40.1 Å². The number of nitrogens with two attached hydrogens (primary N) is 1. The predicted molar refractivity (Wildman–Crippen MR) is 331 cm³/mol. The summed E-state index contributed by atoms with van der Waals surface area (Å²) in [7, 11) is -14.2. The largest absolute Gasteiger partial charge is 0.748 e. The van der Waals surface area contributed by atoms with Gasteiger partial charge in [0.1, 0.15) is 36.4 Å². The van der Waals surface area contributed by atoms with Gasteiger partial charge in [0.25, 0.3) is 15.7 Å². The minimum Gasteiger partial charge on any atom is -0.748 e. The summed E-state index contributed by atoms with van der Waals surface area (Å²) in [6.07, 6.45) is 10.9. The van der Waals surface area contributed by atoms with Crippen LogP contribution in [0.15, 0.2) is 113 Å². The molecule has 472 valence electrons. The number of unbranched alkanes of at least 4 members (excludes halogenated alkanes) is 3. The zero-order valence-corrected chi connectivity index (χ0v) is 51.9. The van der Waals surface area contributed by atoms with Crippen molar-refractivity contribution in [2.45, 2.75) is 126 Å². The van der Waals surface area contributed by atoms with E-state index in [1.54, 1.807) is 6.07 Å². The number of anilines is 3. The lowest BCUT2D eigenvalue weighted by molar-refractivity contribution is -0.437. The number of aliphatic hydroxyl groups excluding tert-OH is 2. The van der Waals surface area contributed by atoms with Crippen molar-refractivity contribution in [2.24, 2.45) is 0 Å². The maximum absolute atomic E-state index is 13.4. The molecule has 25 nitrogen and oxygen atoms in total. The number of fused-ring (bicyclic) bond motifs is 4. The lowest BCUT2D eigenvalue weighted by Gasteiger charge is -2.43. The number of hydrogen-bond acceptors (Lipinski definition) is 18. The van der Waals surface area contributed by atoms with E-state index in [2.05, 4.69) is 80.9 Å². The standard InChI is InChI=1S/C60H74N9O16PS2/c1-6-68-45-34-47-42(33-41(45)37(2)35-59(68,3)4)39(31-46(84-47)38-19-11-9-12-20-38)21-13-10-14-22-49-60(5,43-32-40(88(80,81)82)24-25-44(43)67(49)29-18-30-87(77,78)79)26-17-23-50(70)62-27-15-7-8-16-28-63-58-64-51-54(65-57(61)66-55(51)73)69(58)56-53(72)52(71)48(85-56)36-83-86(74,75)76/h9-14,19-22,24-25,31-35,48,52-53,56,71-72H,6-8,15-18,23,26-30,36H2,1-5H3,(H8-,61,62,63,64,65,66,70,73,74,75,76,77,78,79,80,81,82)/t48-,52-,53-,56-,60?/m1/s1. The number of carbonyl (C=O) groups excluding carboxylic acids is 1. The van der Waals surface area contributed by atoms with Gasteiger partial charge in [-0.3, -0.25) is 28.2 Å². The van der Waals surface area contributed by atoms with Crippen molar-refractivity contribution < 1.29 is 73.9 Å². The van der Waals surface area contributed by atoms with Gasteiger partial charge in [-0.2, -0.15) is 18.0 Å². The molecule has 1 saturated heterocycles. The van der Waals surface area contributed by atoms with E-state index in [-0.39, 0.29) is 58.8 Å². The molecule has 4 aliphatic heterocycles. The third kappa shape index (κ3) is 14.8. The highest BCUT2D eigenvalue weighted by atomic mass is 32.2. The Balaban J connectivity index is 0.870. The number of H-pyrrole nitrogens is 1. The van der Waals surface area contributed by atoms with Crippen LogP contribution in [0.1, 0.15) is 114 Å². The van der Waals surface area contributed by atoms with E-state index >= 15 is 0 Å². The van der Waals surface area contributed by atoms with Crippen molar-refractivity contribution in [1.29, 1.82) is 0 Å². The minimum absolute atomic E-state index is 0.0353. The number of phosphoric ester groups is 1. The molecule has 1 fully saturated rings. The number of amides is 1. The number of phosphoric acid groups is 1. The van der Waals surface area contributed by atoms with Gasteiger partial charge in [-0.05, 0) is 95.7 Å². The molecule has 0 radical (unpaired) electrons. The van der Waals surface area contributed by atoms with Crippen molar-refractivity contribution in [2.75, 3.05) is 54.5 Å². The van der Waals surface area contributed by atoms with Gasteiger partial charge in [0.2, 0.25) is 23.5 Å². The van der Waals surface area contributed by atoms with Gasteiger partial charge < -0.3 is 55.3 Å². The van der Waals surface area contributed by atoms with Crippen LogP contribution >= 0.6 is 7.82 Å². The number of nitrogen functional groups attached to an aromatic ring is 1. The van der Waals surface area contributed by atoms with E-state index in [0.29, 0.717) is 80.1 Å². The predicted octanol–water partition coefficient (Wildman–Crippen LogP) is 6.58. The SMILES string of the molecule is CCN1c2cc3c(cc2C(C)=CC1(C)C)C(=CC=CC=CC1=[N+](CCCS(=O)(=O)[O-])c2ccc(S(=O)(=O)O)cc2C1(C)CCCC(=O)NCCCCCCNc1nc2c(=O)[nH]c(N)nc2n1[C@@H]1O[C@H](COP(=O)(O)O)[C@@H](O)[C@H]1O)C=C(c1ccccc1)O3. The molecule has 0 spiro atoms. The molecule has 1 unspecified atom stereocenters. The van der Waals surface area contributed by atoms with Crippen LogP contribution in [0.3, 0.4) is 0 Å². The van der Waals surface area contributed by atoms with E-state index < -0.39 is 75.9 Å². The van der Waals surface area contributed by atoms with Crippen LogP contribution in [0.4, 0.5) is 23.3 Å². The van der Waals surface area contributed by atoms with Crippen molar-refractivity contribution in [1.82, 2.24) is 24.8 Å². The highest BCUT2D eigenvalue weighted by Crippen LogP contribution is 2.48. The quantitative estimate of drug-likeness (QED) is 0.00928. The van der Waals surface area contributed by atoms with Crippen molar-refractivity contribution in [3.8, 4) is 5.75 Å². The fourth-order valence-electron chi connectivity index (χ4n) is 12.0. The Bertz CT molecular complexity index is 4020. The van der Waals surface area contributed by atoms with Crippen LogP contribution in [-0.2, 0) is 44.3 Å². The van der Waals surface area contributed by atoms with Crippen LogP contribution in [-0.4, -0.2) is 144 Å². The van der Waals surface area contributed by atoms with E-state index in [1.807, 2.05) is 78.3 Å². The number of rotatable bonds is 26. The average Bonchev–Trinajstić information content (AvgIpc) is 1.42. The molecule has 6 heterocycles. The van der Waals surface area contributed by atoms with Gasteiger partial charge >= 0.3 is 7.82 Å². The fourth-order valence-corrected chi connectivity index (χ4v) is 13.4. The number of aromatic amines is 1. The minimum atomic E-state index is -4.95. The van der Waals surface area contributed by atoms with E-state index in [4.69, 9.17) is 15.2 Å². The first-order chi connectivity index (χ1) is 41.6. The molecule has 4 aliphatic rings. The molecule has 3 aromatic carbocycles. The number of carbonyl (C=O) groups is 1. The molecule has 0 saturated carbocycles. The average molecular weight is 1270 g/mol. The Morgan fingerprint density at radius 2 is 1.69 bits per heavy atom. The second-order valence-corrected chi connectivity index (χ2v) is 27.1. The zero-order chi connectivity index (χ0) is 63.5. The Labute approximate surface area is 509 Å². The molecule has 10 N–H and O–H groups in total. The zero-order valence-electron chi connectivity index (χ0n) is 49.3. The molecular weight excluding hydrogens is 1200 g/mol. The monoisotopic (exact) mass is 1270 g/mol. The van der Waals surface area contributed by atoms with Gasteiger partial charge in [0.05, 0.1) is 32.6 Å². The summed E-state index contributed by atoms with van der Waals surface area (Å²) < 4.78 is 102. The topological polar surface area (TPSA) is 374 Å². The maximum Gasteiger partial charge on any atom is 0.469 e. The van der Waals surface area contributed by atoms with Crippen LogP contribution < -0.4 is 31.6 Å². The molecule has 2 aromatic heterocycles. The molecule has 0 aliphatic carbocycles. The molecule has 5 atom stereocenters. The van der Waals surface area contributed by atoms with E-state index in [1.165, 1.54) is 16.7 Å². The van der Waals surface area contributed by atoms with Crippen molar-refractivity contribution >= 4 is 91.0 Å². The van der Waals surface area contributed by atoms with Gasteiger partial charge in [-0.1, -0.05) is 73.6 Å². The number of imidazole rings is 1. The fraction of sp³-hybridized carbons (Fsp3) is 0.417. The summed E-state index contributed by atoms with van der Waals surface area (Å²) in [5.41, 5.74) is 11.5. The van der Waals surface area contributed by atoms with Gasteiger partial charge in [-0.15, -0.1) is 0 Å². The first kappa shape index (κ1) is 65.3. The number of nitrogens with zero attached hydrogens (tertiary/aromatic N) is 5. The number of ether oxygens (including phenoxy) is 2. The molecule has 0 bridgehead atoms. The van der Waals surface area contributed by atoms with Crippen LogP contribution in [0.5, 0.6) is 5.75 Å². The van der Waals surface area contributed by atoms with Gasteiger partial charge in [-0.25, -0.2) is 18.0 Å². The second kappa shape index (κ2) is 26.5.